The number of hydrogen-bond acceptors (Lipinski definition) is 3. The van der Waals surface area contributed by atoms with Crippen LogP contribution in [0.4, 0.5) is 13.2 Å². The summed E-state index contributed by atoms with van der Waals surface area (Å²) in [6.45, 7) is 4.47. The number of piperidine rings is 1. The fraction of sp³-hybridized carbons (Fsp3) is 1.00. The van der Waals surface area contributed by atoms with E-state index in [-0.39, 0.29) is 37.9 Å². The first-order chi connectivity index (χ1) is 8.55. The van der Waals surface area contributed by atoms with Crippen molar-refractivity contribution in [3.63, 3.8) is 0 Å². The van der Waals surface area contributed by atoms with Crippen LogP contribution in [0.15, 0.2) is 0 Å². The summed E-state index contributed by atoms with van der Waals surface area (Å²) in [7, 11) is 0. The van der Waals surface area contributed by atoms with Crippen LogP contribution in [0.1, 0.15) is 19.3 Å². The lowest BCUT2D eigenvalue weighted by atomic mass is 9.94. The zero-order valence-corrected chi connectivity index (χ0v) is 13.1. The van der Waals surface area contributed by atoms with Crippen molar-refractivity contribution in [3.05, 3.63) is 0 Å². The molecule has 8 heteroatoms. The number of rotatable bonds is 3. The topological polar surface area (TPSA) is 18.5 Å². The van der Waals surface area contributed by atoms with E-state index in [4.69, 9.17) is 0 Å². The van der Waals surface area contributed by atoms with Gasteiger partial charge in [-0.05, 0) is 44.8 Å². The van der Waals surface area contributed by atoms with Crippen LogP contribution < -0.4 is 5.32 Å². The van der Waals surface area contributed by atoms with Crippen molar-refractivity contribution in [1.82, 2.24) is 15.1 Å². The van der Waals surface area contributed by atoms with Gasteiger partial charge in [-0.2, -0.15) is 13.2 Å². The summed E-state index contributed by atoms with van der Waals surface area (Å²) in [5, 5.41) is 3.33. The molecule has 0 aromatic carbocycles. The van der Waals surface area contributed by atoms with E-state index in [1.54, 1.807) is 0 Å². The fourth-order valence-electron chi connectivity index (χ4n) is 2.76. The van der Waals surface area contributed by atoms with E-state index in [0.29, 0.717) is 18.0 Å². The van der Waals surface area contributed by atoms with Crippen LogP contribution in [-0.4, -0.2) is 61.9 Å². The summed E-state index contributed by atoms with van der Waals surface area (Å²) in [5.41, 5.74) is 0. The number of nitrogens with one attached hydrogen (secondary N) is 1. The minimum absolute atomic E-state index is 0. The molecule has 0 saturated carbocycles. The monoisotopic (exact) mass is 337 g/mol. The molecule has 20 heavy (non-hydrogen) atoms. The van der Waals surface area contributed by atoms with E-state index in [0.717, 1.165) is 32.0 Å². The average Bonchev–Trinajstić information content (AvgIpc) is 2.37. The lowest BCUT2D eigenvalue weighted by Gasteiger charge is -2.36. The number of nitrogens with zero attached hydrogens (tertiary/aromatic N) is 2. The molecule has 2 aliphatic heterocycles. The first kappa shape index (κ1) is 20.2. The second-order valence-corrected chi connectivity index (χ2v) is 5.28. The van der Waals surface area contributed by atoms with Gasteiger partial charge in [0.1, 0.15) is 0 Å². The molecular weight excluding hydrogens is 314 g/mol. The Morgan fingerprint density at radius 3 is 2.00 bits per heavy atom. The standard InChI is InChI=1S/C12H22F3N3.2ClH/c13-12(14,15)18-9-7-17(8-10-18)6-3-11-1-4-16-5-2-11;;/h11,16H,1-10H2;2*1H. The molecule has 0 atom stereocenters. The van der Waals surface area contributed by atoms with Crippen molar-refractivity contribution in [2.75, 3.05) is 45.8 Å². The molecule has 1 N–H and O–H groups in total. The Bertz CT molecular complexity index is 253. The average molecular weight is 338 g/mol. The molecule has 0 aliphatic carbocycles. The zero-order chi connectivity index (χ0) is 13.0. The maximum absolute atomic E-state index is 12.4. The minimum atomic E-state index is -4.15. The number of halogens is 5. The normalized spacial score (nSPS) is 22.9. The molecule has 2 aliphatic rings. The highest BCUT2D eigenvalue weighted by atomic mass is 35.5. The molecule has 0 unspecified atom stereocenters. The van der Waals surface area contributed by atoms with Gasteiger partial charge < -0.3 is 10.2 Å². The third-order valence-corrected chi connectivity index (χ3v) is 4.04. The molecule has 0 aromatic rings. The van der Waals surface area contributed by atoms with Crippen molar-refractivity contribution in [2.24, 2.45) is 5.92 Å². The van der Waals surface area contributed by atoms with Crippen LogP contribution in [0.2, 0.25) is 0 Å². The summed E-state index contributed by atoms with van der Waals surface area (Å²) in [5.74, 6) is 0.756. The Morgan fingerprint density at radius 1 is 0.950 bits per heavy atom. The molecule has 0 amide bonds. The fourth-order valence-corrected chi connectivity index (χ4v) is 2.76. The molecule has 0 aromatic heterocycles. The molecule has 0 spiro atoms. The van der Waals surface area contributed by atoms with Gasteiger partial charge in [-0.3, -0.25) is 0 Å². The van der Waals surface area contributed by atoms with Gasteiger partial charge in [0.15, 0.2) is 0 Å². The van der Waals surface area contributed by atoms with Gasteiger partial charge in [-0.25, -0.2) is 4.90 Å². The van der Waals surface area contributed by atoms with Gasteiger partial charge in [0.25, 0.3) is 0 Å². The van der Waals surface area contributed by atoms with Crippen LogP contribution in [0.25, 0.3) is 0 Å². The molecule has 3 nitrogen and oxygen atoms in total. The number of alkyl halides is 3. The second-order valence-electron chi connectivity index (χ2n) is 5.28. The minimum Gasteiger partial charge on any atom is -0.317 e. The summed E-state index contributed by atoms with van der Waals surface area (Å²) < 4.78 is 37.3. The van der Waals surface area contributed by atoms with E-state index >= 15 is 0 Å². The van der Waals surface area contributed by atoms with Gasteiger partial charge in [0.2, 0.25) is 0 Å². The molecule has 2 rings (SSSR count). The van der Waals surface area contributed by atoms with Crippen molar-refractivity contribution in [3.8, 4) is 0 Å². The maximum Gasteiger partial charge on any atom is 0.460 e. The smallest absolute Gasteiger partial charge is 0.317 e. The largest absolute Gasteiger partial charge is 0.460 e. The molecule has 122 valence electrons. The van der Waals surface area contributed by atoms with Crippen molar-refractivity contribution >= 4 is 24.8 Å². The summed E-state index contributed by atoms with van der Waals surface area (Å²) >= 11 is 0. The quantitative estimate of drug-likeness (QED) is 0.797. The molecule has 2 saturated heterocycles. The summed E-state index contributed by atoms with van der Waals surface area (Å²) in [6.07, 6.45) is -0.597. The van der Waals surface area contributed by atoms with E-state index in [1.807, 2.05) is 0 Å². The van der Waals surface area contributed by atoms with Crippen molar-refractivity contribution < 1.29 is 13.2 Å². The van der Waals surface area contributed by atoms with E-state index in [9.17, 15) is 13.2 Å². The Hall–Kier alpha value is 0.250. The van der Waals surface area contributed by atoms with Crippen LogP contribution in [0.3, 0.4) is 0 Å². The number of piperazine rings is 1. The van der Waals surface area contributed by atoms with E-state index in [1.165, 1.54) is 12.8 Å². The van der Waals surface area contributed by atoms with Gasteiger partial charge >= 0.3 is 6.30 Å². The highest BCUT2D eigenvalue weighted by Crippen LogP contribution is 2.23. The van der Waals surface area contributed by atoms with Crippen molar-refractivity contribution in [1.29, 1.82) is 0 Å². The van der Waals surface area contributed by atoms with Crippen LogP contribution >= 0.6 is 24.8 Å². The first-order valence-electron chi connectivity index (χ1n) is 6.80. The van der Waals surface area contributed by atoms with E-state index < -0.39 is 6.30 Å². The van der Waals surface area contributed by atoms with Crippen LogP contribution in [-0.2, 0) is 0 Å². The van der Waals surface area contributed by atoms with Crippen LogP contribution in [0.5, 0.6) is 0 Å². The predicted octanol–water partition coefficient (Wildman–Crippen LogP) is 2.36. The molecule has 0 radical (unpaired) electrons. The third-order valence-electron chi connectivity index (χ3n) is 4.04. The van der Waals surface area contributed by atoms with Gasteiger partial charge in [-0.15, -0.1) is 24.8 Å². The van der Waals surface area contributed by atoms with Gasteiger partial charge in [0, 0.05) is 26.2 Å². The highest BCUT2D eigenvalue weighted by Gasteiger charge is 2.38. The summed E-state index contributed by atoms with van der Waals surface area (Å²) in [6, 6.07) is 0. The van der Waals surface area contributed by atoms with E-state index in [2.05, 4.69) is 10.2 Å². The molecule has 0 bridgehead atoms. The lowest BCUT2D eigenvalue weighted by Crippen LogP contribution is -2.52. The Labute approximate surface area is 131 Å². The molecular formula is C12H24Cl2F3N3. The third kappa shape index (κ3) is 6.35. The Balaban J connectivity index is 0.00000180. The molecule has 2 fully saturated rings. The molecule has 2 heterocycles. The number of hydrogen-bond donors (Lipinski definition) is 1. The first-order valence-corrected chi connectivity index (χ1v) is 6.80. The maximum atomic E-state index is 12.4. The predicted molar refractivity (Wildman–Crippen MR) is 78.8 cm³/mol. The SMILES string of the molecule is Cl.Cl.FC(F)(F)N1CCN(CCC2CCNCC2)CC1. The summed E-state index contributed by atoms with van der Waals surface area (Å²) in [4.78, 5) is 2.79. The second kappa shape index (κ2) is 9.30. The van der Waals surface area contributed by atoms with Gasteiger partial charge in [0.05, 0.1) is 0 Å². The lowest BCUT2D eigenvalue weighted by molar-refractivity contribution is -0.252. The van der Waals surface area contributed by atoms with Crippen LogP contribution in [0, 0.1) is 5.92 Å². The van der Waals surface area contributed by atoms with Crippen molar-refractivity contribution in [2.45, 2.75) is 25.6 Å². The highest BCUT2D eigenvalue weighted by molar-refractivity contribution is 5.85. The Kier molecular flexibility index (Phi) is 9.42. The van der Waals surface area contributed by atoms with Gasteiger partial charge in [-0.1, -0.05) is 0 Å². The zero-order valence-electron chi connectivity index (χ0n) is 11.5. The Morgan fingerprint density at radius 2 is 1.50 bits per heavy atom.